The molecule has 0 fully saturated rings. The van der Waals surface area contributed by atoms with Gasteiger partial charge < -0.3 is 15.0 Å². The van der Waals surface area contributed by atoms with E-state index in [9.17, 15) is 9.59 Å². The Bertz CT molecular complexity index is 452. The number of ether oxygens (including phenoxy) is 1. The number of hydrogen-bond donors (Lipinski definition) is 1. The topological polar surface area (TPSA) is 58.6 Å². The van der Waals surface area contributed by atoms with Crippen molar-refractivity contribution in [3.05, 3.63) is 35.9 Å². The van der Waals surface area contributed by atoms with Crippen molar-refractivity contribution < 1.29 is 14.3 Å². The molecule has 0 heterocycles. The van der Waals surface area contributed by atoms with Crippen molar-refractivity contribution in [3.8, 4) is 0 Å². The molecule has 1 aromatic rings. The third-order valence-electron chi connectivity index (χ3n) is 2.41. The second-order valence-corrected chi connectivity index (χ2v) is 5.69. The van der Waals surface area contributed by atoms with Gasteiger partial charge in [0.05, 0.1) is 0 Å². The fourth-order valence-electron chi connectivity index (χ4n) is 1.57. The number of nitrogens with one attached hydrogen (secondary N) is 1. The molecule has 1 aromatic carbocycles. The second kappa shape index (κ2) is 6.93. The molecule has 0 atom stereocenters. The maximum atomic E-state index is 11.7. The lowest BCUT2D eigenvalue weighted by Crippen LogP contribution is -2.46. The van der Waals surface area contributed by atoms with E-state index in [0.717, 1.165) is 5.56 Å². The van der Waals surface area contributed by atoms with E-state index >= 15 is 0 Å². The minimum absolute atomic E-state index is 0.0229. The average Bonchev–Trinajstić information content (AvgIpc) is 2.34. The van der Waals surface area contributed by atoms with Crippen LogP contribution < -0.4 is 5.32 Å². The first-order valence-electron chi connectivity index (χ1n) is 6.51. The third kappa shape index (κ3) is 6.22. The summed E-state index contributed by atoms with van der Waals surface area (Å²) in [6.07, 6.45) is -0.516. The summed E-state index contributed by atoms with van der Waals surface area (Å²) in [6.45, 7) is 5.84. The monoisotopic (exact) mass is 278 g/mol. The van der Waals surface area contributed by atoms with Gasteiger partial charge in [0.1, 0.15) is 13.2 Å². The second-order valence-electron chi connectivity index (χ2n) is 5.69. The Morgan fingerprint density at radius 2 is 1.80 bits per heavy atom. The lowest BCUT2D eigenvalue weighted by Gasteiger charge is -2.23. The minimum atomic E-state index is -0.516. The summed E-state index contributed by atoms with van der Waals surface area (Å²) in [6, 6.07) is 9.40. The molecule has 1 rings (SSSR count). The van der Waals surface area contributed by atoms with Crippen LogP contribution in [0.4, 0.5) is 4.79 Å². The number of hydrogen-bond acceptors (Lipinski definition) is 3. The van der Waals surface area contributed by atoms with E-state index in [2.05, 4.69) is 5.32 Å². The fraction of sp³-hybridized carbons (Fsp3) is 0.467. The van der Waals surface area contributed by atoms with Crippen LogP contribution in [0.25, 0.3) is 0 Å². The summed E-state index contributed by atoms with van der Waals surface area (Å²) < 4.78 is 5.13. The number of rotatable bonds is 4. The molecule has 0 saturated carbocycles. The van der Waals surface area contributed by atoms with Gasteiger partial charge in [-0.25, -0.2) is 4.79 Å². The van der Waals surface area contributed by atoms with Crippen LogP contribution in [0.1, 0.15) is 26.3 Å². The quantitative estimate of drug-likeness (QED) is 0.918. The normalized spacial score (nSPS) is 10.8. The van der Waals surface area contributed by atoms with Crippen LogP contribution >= 0.6 is 0 Å². The first-order chi connectivity index (χ1) is 9.28. The first-order valence-corrected chi connectivity index (χ1v) is 6.51. The number of likely N-dealkylation sites (N-methyl/N-ethyl adjacent to an activating group) is 1. The summed E-state index contributed by atoms with van der Waals surface area (Å²) in [4.78, 5) is 24.7. The van der Waals surface area contributed by atoms with E-state index in [1.54, 1.807) is 0 Å². The number of benzene rings is 1. The Balaban J connectivity index is 2.38. The van der Waals surface area contributed by atoms with E-state index in [-0.39, 0.29) is 24.6 Å². The summed E-state index contributed by atoms with van der Waals surface area (Å²) in [5, 5.41) is 2.79. The van der Waals surface area contributed by atoms with E-state index in [0.29, 0.717) is 0 Å². The molecule has 0 aliphatic carbocycles. The molecule has 0 radical (unpaired) electrons. The summed E-state index contributed by atoms with van der Waals surface area (Å²) in [5.41, 5.74) is 0.597. The van der Waals surface area contributed by atoms with Gasteiger partial charge >= 0.3 is 6.09 Å². The standard InChI is InChI=1S/C15H22N2O3/c1-15(2,3)16-13(18)10-17(4)14(19)20-11-12-8-6-5-7-9-12/h5-9H,10-11H2,1-4H3,(H,16,18). The molecule has 5 nitrogen and oxygen atoms in total. The van der Waals surface area contributed by atoms with Crippen LogP contribution in [-0.4, -0.2) is 36.0 Å². The van der Waals surface area contributed by atoms with E-state index in [1.165, 1.54) is 11.9 Å². The highest BCUT2D eigenvalue weighted by atomic mass is 16.6. The van der Waals surface area contributed by atoms with Crippen molar-refractivity contribution in [3.63, 3.8) is 0 Å². The van der Waals surface area contributed by atoms with Crippen molar-refractivity contribution in [2.45, 2.75) is 32.9 Å². The van der Waals surface area contributed by atoms with Gasteiger partial charge in [0.2, 0.25) is 5.91 Å². The van der Waals surface area contributed by atoms with Gasteiger partial charge in [-0.05, 0) is 26.3 Å². The molecule has 110 valence electrons. The Kier molecular flexibility index (Phi) is 5.55. The van der Waals surface area contributed by atoms with E-state index in [4.69, 9.17) is 4.74 Å². The molecule has 0 aliphatic heterocycles. The first kappa shape index (κ1) is 16.0. The summed E-state index contributed by atoms with van der Waals surface area (Å²) >= 11 is 0. The SMILES string of the molecule is CN(CC(=O)NC(C)(C)C)C(=O)OCc1ccccc1. The minimum Gasteiger partial charge on any atom is -0.445 e. The molecular formula is C15H22N2O3. The third-order valence-corrected chi connectivity index (χ3v) is 2.41. The van der Waals surface area contributed by atoms with E-state index in [1.807, 2.05) is 51.1 Å². The smallest absolute Gasteiger partial charge is 0.410 e. The molecule has 5 heteroatoms. The number of amides is 2. The van der Waals surface area contributed by atoms with Crippen molar-refractivity contribution >= 4 is 12.0 Å². The molecule has 0 saturated heterocycles. The van der Waals surface area contributed by atoms with Gasteiger partial charge in [-0.1, -0.05) is 30.3 Å². The van der Waals surface area contributed by atoms with Gasteiger partial charge in [0.15, 0.2) is 0 Å². The van der Waals surface area contributed by atoms with Crippen LogP contribution in [0.2, 0.25) is 0 Å². The van der Waals surface area contributed by atoms with Gasteiger partial charge in [-0.3, -0.25) is 4.79 Å². The Morgan fingerprint density at radius 1 is 1.20 bits per heavy atom. The Hall–Kier alpha value is -2.04. The number of nitrogens with zero attached hydrogens (tertiary/aromatic N) is 1. The molecule has 0 aromatic heterocycles. The molecule has 1 N–H and O–H groups in total. The maximum Gasteiger partial charge on any atom is 0.410 e. The molecule has 0 spiro atoms. The molecule has 0 unspecified atom stereocenters. The lowest BCUT2D eigenvalue weighted by atomic mass is 10.1. The van der Waals surface area contributed by atoms with Gasteiger partial charge in [-0.2, -0.15) is 0 Å². The maximum absolute atomic E-state index is 11.7. The highest BCUT2D eigenvalue weighted by Gasteiger charge is 2.18. The summed E-state index contributed by atoms with van der Waals surface area (Å²) in [7, 11) is 1.54. The van der Waals surface area contributed by atoms with Crippen LogP contribution in [0.15, 0.2) is 30.3 Å². The van der Waals surface area contributed by atoms with E-state index < -0.39 is 6.09 Å². The zero-order chi connectivity index (χ0) is 15.2. The van der Waals surface area contributed by atoms with Crippen LogP contribution in [-0.2, 0) is 16.1 Å². The number of carbonyl (C=O) groups excluding carboxylic acids is 2. The zero-order valence-corrected chi connectivity index (χ0v) is 12.5. The van der Waals surface area contributed by atoms with Crippen LogP contribution in [0.3, 0.4) is 0 Å². The average molecular weight is 278 g/mol. The Labute approximate surface area is 119 Å². The van der Waals surface area contributed by atoms with Crippen molar-refractivity contribution in [1.82, 2.24) is 10.2 Å². The molecule has 20 heavy (non-hydrogen) atoms. The lowest BCUT2D eigenvalue weighted by molar-refractivity contribution is -0.123. The predicted octanol–water partition coefficient (Wildman–Crippen LogP) is 2.17. The van der Waals surface area contributed by atoms with Crippen molar-refractivity contribution in [2.75, 3.05) is 13.6 Å². The number of carbonyl (C=O) groups is 2. The van der Waals surface area contributed by atoms with Gasteiger partial charge in [-0.15, -0.1) is 0 Å². The zero-order valence-electron chi connectivity index (χ0n) is 12.5. The Morgan fingerprint density at radius 3 is 2.35 bits per heavy atom. The van der Waals surface area contributed by atoms with Gasteiger partial charge in [0, 0.05) is 12.6 Å². The van der Waals surface area contributed by atoms with Gasteiger partial charge in [0.25, 0.3) is 0 Å². The van der Waals surface area contributed by atoms with Crippen molar-refractivity contribution in [1.29, 1.82) is 0 Å². The van der Waals surface area contributed by atoms with Crippen LogP contribution in [0.5, 0.6) is 0 Å². The molecule has 2 amide bonds. The predicted molar refractivity (Wildman–Crippen MR) is 77.2 cm³/mol. The highest BCUT2D eigenvalue weighted by molar-refractivity contribution is 5.82. The summed E-state index contributed by atoms with van der Waals surface area (Å²) in [5.74, 6) is -0.211. The molecule has 0 aliphatic rings. The largest absolute Gasteiger partial charge is 0.445 e. The highest BCUT2D eigenvalue weighted by Crippen LogP contribution is 2.03. The van der Waals surface area contributed by atoms with Crippen LogP contribution in [0, 0.1) is 0 Å². The molecule has 0 bridgehead atoms. The van der Waals surface area contributed by atoms with Crippen molar-refractivity contribution in [2.24, 2.45) is 0 Å². The fourth-order valence-corrected chi connectivity index (χ4v) is 1.57. The molecular weight excluding hydrogens is 256 g/mol.